The average molecular weight is 227 g/mol. The number of aliphatic hydroxyl groups is 1. The van der Waals surface area contributed by atoms with Gasteiger partial charge in [-0.15, -0.1) is 0 Å². The third-order valence-electron chi connectivity index (χ3n) is 2.54. The van der Waals surface area contributed by atoms with Crippen LogP contribution in [0.1, 0.15) is 33.6 Å². The van der Waals surface area contributed by atoms with E-state index >= 15 is 0 Å². The molecule has 2 N–H and O–H groups in total. The van der Waals surface area contributed by atoms with E-state index in [0.717, 1.165) is 0 Å². The van der Waals surface area contributed by atoms with E-state index < -0.39 is 18.2 Å². The maximum absolute atomic E-state index is 11.8. The molecule has 0 spiro atoms. The second-order valence-corrected chi connectivity index (χ2v) is 4.41. The summed E-state index contributed by atoms with van der Waals surface area (Å²) in [5, 5.41) is 12.6. The Labute approximate surface area is 88.9 Å². The highest BCUT2D eigenvalue weighted by molar-refractivity contribution is 4.78. The lowest BCUT2D eigenvalue weighted by molar-refractivity contribution is -0.135. The average Bonchev–Trinajstić information content (AvgIpc) is 2.00. The first kappa shape index (κ1) is 14.7. The van der Waals surface area contributed by atoms with Gasteiger partial charge in [0.2, 0.25) is 0 Å². The number of halogens is 3. The van der Waals surface area contributed by atoms with Crippen molar-refractivity contribution in [2.45, 2.75) is 45.4 Å². The van der Waals surface area contributed by atoms with Crippen LogP contribution in [0.3, 0.4) is 0 Å². The molecule has 5 heteroatoms. The van der Waals surface area contributed by atoms with Gasteiger partial charge >= 0.3 is 6.18 Å². The van der Waals surface area contributed by atoms with Gasteiger partial charge in [0, 0.05) is 13.0 Å². The van der Waals surface area contributed by atoms with Crippen LogP contribution >= 0.6 is 0 Å². The summed E-state index contributed by atoms with van der Waals surface area (Å²) in [6.45, 7) is 6.02. The van der Waals surface area contributed by atoms with Crippen LogP contribution in [0.25, 0.3) is 0 Å². The van der Waals surface area contributed by atoms with Gasteiger partial charge in [-0.2, -0.15) is 13.2 Å². The molecule has 0 aromatic rings. The van der Waals surface area contributed by atoms with E-state index in [2.05, 4.69) is 5.32 Å². The summed E-state index contributed by atoms with van der Waals surface area (Å²) >= 11 is 0. The van der Waals surface area contributed by atoms with E-state index in [1.54, 1.807) is 6.92 Å². The van der Waals surface area contributed by atoms with E-state index in [-0.39, 0.29) is 18.9 Å². The van der Waals surface area contributed by atoms with Gasteiger partial charge in [0.1, 0.15) is 0 Å². The van der Waals surface area contributed by atoms with Crippen LogP contribution in [0, 0.1) is 5.92 Å². The second-order valence-electron chi connectivity index (χ2n) is 4.41. The molecule has 0 aliphatic rings. The van der Waals surface area contributed by atoms with Crippen molar-refractivity contribution in [1.82, 2.24) is 5.32 Å². The van der Waals surface area contributed by atoms with Gasteiger partial charge in [-0.05, 0) is 25.8 Å². The molecule has 1 atom stereocenters. The Morgan fingerprint density at radius 2 is 1.80 bits per heavy atom. The predicted octanol–water partition coefficient (Wildman–Crippen LogP) is 2.33. The lowest BCUT2D eigenvalue weighted by Gasteiger charge is -2.28. The van der Waals surface area contributed by atoms with Crippen LogP contribution in [0.2, 0.25) is 0 Å². The first-order valence-corrected chi connectivity index (χ1v) is 5.15. The minimum absolute atomic E-state index is 0.0532. The van der Waals surface area contributed by atoms with Gasteiger partial charge in [-0.25, -0.2) is 0 Å². The molecule has 0 saturated heterocycles. The van der Waals surface area contributed by atoms with Gasteiger partial charge in [0.25, 0.3) is 0 Å². The molecule has 15 heavy (non-hydrogen) atoms. The van der Waals surface area contributed by atoms with Crippen LogP contribution in [0.4, 0.5) is 13.2 Å². The van der Waals surface area contributed by atoms with E-state index in [0.29, 0.717) is 6.54 Å². The Bertz CT molecular complexity index is 178. The highest BCUT2D eigenvalue weighted by atomic mass is 19.4. The predicted molar refractivity (Wildman–Crippen MR) is 53.6 cm³/mol. The fourth-order valence-electron chi connectivity index (χ4n) is 0.959. The summed E-state index contributed by atoms with van der Waals surface area (Å²) in [4.78, 5) is 0. The Morgan fingerprint density at radius 1 is 1.27 bits per heavy atom. The molecular formula is C10H20F3NO. The molecule has 1 unspecified atom stereocenters. The number of hydrogen-bond acceptors (Lipinski definition) is 2. The molecular weight excluding hydrogens is 207 g/mol. The van der Waals surface area contributed by atoms with Crippen molar-refractivity contribution in [3.05, 3.63) is 0 Å². The molecule has 0 aromatic carbocycles. The Kier molecular flexibility index (Phi) is 5.59. The molecule has 0 amide bonds. The SMILES string of the molecule is CC(C)C(C)(O)CNCCCC(F)(F)F. The van der Waals surface area contributed by atoms with Crippen LogP contribution in [-0.2, 0) is 0 Å². The van der Waals surface area contributed by atoms with Crippen molar-refractivity contribution in [1.29, 1.82) is 0 Å². The summed E-state index contributed by atoms with van der Waals surface area (Å²) in [7, 11) is 0. The molecule has 0 saturated carbocycles. The van der Waals surface area contributed by atoms with Gasteiger partial charge in [-0.1, -0.05) is 13.8 Å². The maximum Gasteiger partial charge on any atom is 0.389 e. The Balaban J connectivity index is 3.55. The van der Waals surface area contributed by atoms with Gasteiger partial charge in [0.05, 0.1) is 5.60 Å². The Hall–Kier alpha value is -0.290. The van der Waals surface area contributed by atoms with Crippen LogP contribution in [0.5, 0.6) is 0 Å². The smallest absolute Gasteiger partial charge is 0.389 e. The molecule has 92 valence electrons. The molecule has 2 nitrogen and oxygen atoms in total. The largest absolute Gasteiger partial charge is 0.389 e. The molecule has 0 aromatic heterocycles. The summed E-state index contributed by atoms with van der Waals surface area (Å²) in [6, 6.07) is 0. The van der Waals surface area contributed by atoms with Gasteiger partial charge in [-0.3, -0.25) is 0 Å². The summed E-state index contributed by atoms with van der Waals surface area (Å²) in [5.41, 5.74) is -0.863. The zero-order valence-corrected chi connectivity index (χ0v) is 9.49. The highest BCUT2D eigenvalue weighted by Gasteiger charge is 2.27. The number of hydrogen-bond donors (Lipinski definition) is 2. The minimum atomic E-state index is -4.08. The summed E-state index contributed by atoms with van der Waals surface area (Å²) < 4.78 is 35.3. The van der Waals surface area contributed by atoms with E-state index in [9.17, 15) is 18.3 Å². The summed E-state index contributed by atoms with van der Waals surface area (Å²) in [5.74, 6) is 0.0765. The molecule has 0 fully saturated rings. The van der Waals surface area contributed by atoms with Crippen LogP contribution in [0.15, 0.2) is 0 Å². The van der Waals surface area contributed by atoms with Crippen molar-refractivity contribution in [3.63, 3.8) is 0 Å². The second kappa shape index (κ2) is 5.70. The minimum Gasteiger partial charge on any atom is -0.389 e. The molecule has 0 radical (unpaired) electrons. The zero-order valence-electron chi connectivity index (χ0n) is 9.49. The fraction of sp³-hybridized carbons (Fsp3) is 1.00. The molecule has 0 bridgehead atoms. The van der Waals surface area contributed by atoms with Crippen molar-refractivity contribution in [2.75, 3.05) is 13.1 Å². The van der Waals surface area contributed by atoms with Crippen molar-refractivity contribution in [3.8, 4) is 0 Å². The maximum atomic E-state index is 11.8. The lowest BCUT2D eigenvalue weighted by Crippen LogP contribution is -2.42. The van der Waals surface area contributed by atoms with Crippen LogP contribution < -0.4 is 5.32 Å². The first-order chi connectivity index (χ1) is 6.65. The molecule has 0 aliphatic heterocycles. The number of alkyl halides is 3. The molecule has 0 rings (SSSR count). The van der Waals surface area contributed by atoms with Crippen molar-refractivity contribution >= 4 is 0 Å². The quantitative estimate of drug-likeness (QED) is 0.682. The summed E-state index contributed by atoms with van der Waals surface area (Å²) in [6.07, 6.45) is -4.80. The standard InChI is InChI=1S/C10H20F3NO/c1-8(2)9(3,15)7-14-6-4-5-10(11,12)13/h8,14-15H,4-7H2,1-3H3. The van der Waals surface area contributed by atoms with E-state index in [1.807, 2.05) is 13.8 Å². The number of nitrogens with one attached hydrogen (secondary N) is 1. The molecule has 0 heterocycles. The monoisotopic (exact) mass is 227 g/mol. The van der Waals surface area contributed by atoms with Crippen LogP contribution in [-0.4, -0.2) is 30.0 Å². The third-order valence-corrected chi connectivity index (χ3v) is 2.54. The van der Waals surface area contributed by atoms with Crippen molar-refractivity contribution in [2.24, 2.45) is 5.92 Å². The number of rotatable bonds is 6. The normalized spacial score (nSPS) is 16.8. The fourth-order valence-corrected chi connectivity index (χ4v) is 0.959. The molecule has 0 aliphatic carbocycles. The van der Waals surface area contributed by atoms with Gasteiger partial charge in [0.15, 0.2) is 0 Å². The highest BCUT2D eigenvalue weighted by Crippen LogP contribution is 2.20. The van der Waals surface area contributed by atoms with Crippen molar-refractivity contribution < 1.29 is 18.3 Å². The Morgan fingerprint density at radius 3 is 2.20 bits per heavy atom. The third kappa shape index (κ3) is 7.62. The first-order valence-electron chi connectivity index (χ1n) is 5.15. The zero-order chi connectivity index (χ0) is 12.1. The topological polar surface area (TPSA) is 32.3 Å². The van der Waals surface area contributed by atoms with E-state index in [4.69, 9.17) is 0 Å². The van der Waals surface area contributed by atoms with E-state index in [1.165, 1.54) is 0 Å². The lowest BCUT2D eigenvalue weighted by atomic mass is 9.92. The van der Waals surface area contributed by atoms with Gasteiger partial charge < -0.3 is 10.4 Å².